The van der Waals surface area contributed by atoms with E-state index in [1.165, 1.54) is 30.0 Å². The van der Waals surface area contributed by atoms with E-state index in [0.717, 1.165) is 19.2 Å². The zero-order valence-corrected chi connectivity index (χ0v) is 19.2. The third-order valence-electron chi connectivity index (χ3n) is 4.94. The van der Waals surface area contributed by atoms with Crippen molar-refractivity contribution in [2.24, 2.45) is 0 Å². The molecule has 1 saturated heterocycles. The minimum atomic E-state index is -4.54. The summed E-state index contributed by atoms with van der Waals surface area (Å²) in [6, 6.07) is 4.89. The Bertz CT molecular complexity index is 780. The molecule has 2 amide bonds. The summed E-state index contributed by atoms with van der Waals surface area (Å²) in [4.78, 5) is 30.2. The van der Waals surface area contributed by atoms with Crippen LogP contribution < -0.4 is 5.32 Å². The van der Waals surface area contributed by atoms with E-state index in [4.69, 9.17) is 12.2 Å². The van der Waals surface area contributed by atoms with Crippen LogP contribution in [0.2, 0.25) is 0 Å². The first-order valence-electron chi connectivity index (χ1n) is 10.0. The van der Waals surface area contributed by atoms with Crippen molar-refractivity contribution < 1.29 is 22.8 Å². The molecule has 6 nitrogen and oxygen atoms in total. The van der Waals surface area contributed by atoms with Crippen LogP contribution in [0.15, 0.2) is 24.3 Å². The summed E-state index contributed by atoms with van der Waals surface area (Å²) in [6.07, 6.45) is -4.54. The van der Waals surface area contributed by atoms with Crippen LogP contribution in [0.4, 0.5) is 18.9 Å². The first-order chi connectivity index (χ1) is 14.7. The number of carbonyl (C=O) groups excluding carboxylic acids is 2. The summed E-state index contributed by atoms with van der Waals surface area (Å²) < 4.78 is 39.9. The Balaban J connectivity index is 1.79. The third kappa shape index (κ3) is 7.65. The molecule has 1 fully saturated rings. The van der Waals surface area contributed by atoms with Crippen LogP contribution in [-0.2, 0) is 15.8 Å². The number of piperazine rings is 1. The molecule has 1 aliphatic rings. The van der Waals surface area contributed by atoms with Gasteiger partial charge in [0.2, 0.25) is 11.8 Å². The van der Waals surface area contributed by atoms with Gasteiger partial charge < -0.3 is 15.1 Å². The van der Waals surface area contributed by atoms with Gasteiger partial charge in [-0.3, -0.25) is 14.5 Å². The van der Waals surface area contributed by atoms with Crippen molar-refractivity contribution in [1.82, 2.24) is 14.7 Å². The number of anilines is 1. The molecular weight excluding hydrogens is 449 g/mol. The number of rotatable bonds is 7. The van der Waals surface area contributed by atoms with Crippen molar-refractivity contribution >= 4 is 45.8 Å². The molecule has 0 spiro atoms. The summed E-state index contributed by atoms with van der Waals surface area (Å²) in [5, 5.41) is 2.35. The van der Waals surface area contributed by atoms with Crippen LogP contribution in [0, 0.1) is 0 Å². The van der Waals surface area contributed by atoms with E-state index in [2.05, 4.69) is 5.32 Å². The summed E-state index contributed by atoms with van der Waals surface area (Å²) in [5.41, 5.74) is -1.13. The Hall–Kier alpha value is -1.85. The highest BCUT2D eigenvalue weighted by atomic mass is 32.2. The average molecular weight is 477 g/mol. The molecule has 0 aliphatic carbocycles. The molecule has 2 rings (SSSR count). The molecule has 0 radical (unpaired) electrons. The first kappa shape index (κ1) is 25.4. The molecule has 11 heteroatoms. The van der Waals surface area contributed by atoms with Gasteiger partial charge >= 0.3 is 6.18 Å². The molecular formula is C20H27F3N4O2S2. The van der Waals surface area contributed by atoms with Gasteiger partial charge in [0.25, 0.3) is 0 Å². The number of halogens is 3. The average Bonchev–Trinajstić information content (AvgIpc) is 2.73. The normalized spacial score (nSPS) is 14.9. The van der Waals surface area contributed by atoms with Crippen molar-refractivity contribution in [2.45, 2.75) is 20.0 Å². The third-order valence-corrected chi connectivity index (χ3v) is 6.45. The predicted octanol–water partition coefficient (Wildman–Crippen LogP) is 3.15. The van der Waals surface area contributed by atoms with Gasteiger partial charge in [-0.1, -0.05) is 36.1 Å². The summed E-state index contributed by atoms with van der Waals surface area (Å²) in [6.45, 7) is 7.46. The van der Waals surface area contributed by atoms with E-state index in [-0.39, 0.29) is 23.9 Å². The Morgan fingerprint density at radius 2 is 1.74 bits per heavy atom. The standard InChI is InChI=1S/C20H27F3N4O2S2/c1-3-26(4-2)19(30)31-14-18(29)27-11-9-25(10-12-27)13-17(28)24-16-8-6-5-7-15(16)20(21,22)23/h5-8H,3-4,9-14H2,1-2H3,(H,24,28). The molecule has 31 heavy (non-hydrogen) atoms. The minimum Gasteiger partial charge on any atom is -0.358 e. The SMILES string of the molecule is CCN(CC)C(=S)SCC(=O)N1CCN(CC(=O)Nc2ccccc2C(F)(F)F)CC1. The molecule has 0 atom stereocenters. The fraction of sp³-hybridized carbons (Fsp3) is 0.550. The van der Waals surface area contributed by atoms with Crippen LogP contribution >= 0.6 is 24.0 Å². The fourth-order valence-electron chi connectivity index (χ4n) is 3.18. The number of thioether (sulfide) groups is 1. The van der Waals surface area contributed by atoms with Crippen molar-refractivity contribution in [1.29, 1.82) is 0 Å². The van der Waals surface area contributed by atoms with E-state index in [9.17, 15) is 22.8 Å². The summed E-state index contributed by atoms with van der Waals surface area (Å²) in [7, 11) is 0. The molecule has 0 bridgehead atoms. The lowest BCUT2D eigenvalue weighted by molar-refractivity contribution is -0.137. The second kappa shape index (κ2) is 11.7. The van der Waals surface area contributed by atoms with E-state index >= 15 is 0 Å². The van der Waals surface area contributed by atoms with Gasteiger partial charge in [0.05, 0.1) is 23.5 Å². The maximum absolute atomic E-state index is 13.1. The number of hydrogen-bond donors (Lipinski definition) is 1. The van der Waals surface area contributed by atoms with Crippen LogP contribution in [0.5, 0.6) is 0 Å². The van der Waals surface area contributed by atoms with E-state index < -0.39 is 17.6 Å². The lowest BCUT2D eigenvalue weighted by atomic mass is 10.1. The first-order valence-corrected chi connectivity index (χ1v) is 11.4. The van der Waals surface area contributed by atoms with Crippen LogP contribution in [0.3, 0.4) is 0 Å². The Morgan fingerprint density at radius 3 is 2.32 bits per heavy atom. The number of amides is 2. The number of carbonyl (C=O) groups is 2. The number of hydrogen-bond acceptors (Lipinski definition) is 5. The molecule has 1 N–H and O–H groups in total. The van der Waals surface area contributed by atoms with Crippen LogP contribution in [0.1, 0.15) is 19.4 Å². The number of para-hydroxylation sites is 1. The van der Waals surface area contributed by atoms with Crippen molar-refractivity contribution in [2.75, 3.05) is 56.9 Å². The summed E-state index contributed by atoms with van der Waals surface area (Å²) >= 11 is 6.69. The molecule has 1 aliphatic heterocycles. The molecule has 172 valence electrons. The molecule has 1 aromatic rings. The fourth-order valence-corrected chi connectivity index (χ4v) is 4.48. The zero-order valence-electron chi connectivity index (χ0n) is 17.6. The minimum absolute atomic E-state index is 0.0114. The highest BCUT2D eigenvalue weighted by Crippen LogP contribution is 2.34. The lowest BCUT2D eigenvalue weighted by Crippen LogP contribution is -2.51. The van der Waals surface area contributed by atoms with Gasteiger partial charge in [-0.25, -0.2) is 0 Å². The maximum atomic E-state index is 13.1. The largest absolute Gasteiger partial charge is 0.418 e. The Kier molecular flexibility index (Phi) is 9.57. The number of nitrogens with one attached hydrogen (secondary N) is 1. The van der Waals surface area contributed by atoms with Gasteiger partial charge in [0.1, 0.15) is 4.32 Å². The molecule has 0 aromatic heterocycles. The van der Waals surface area contributed by atoms with E-state index in [1.54, 1.807) is 4.90 Å². The Labute approximate surface area is 190 Å². The van der Waals surface area contributed by atoms with Gasteiger partial charge in [-0.15, -0.1) is 0 Å². The van der Waals surface area contributed by atoms with Gasteiger partial charge in [0.15, 0.2) is 0 Å². The zero-order chi connectivity index (χ0) is 23.0. The van der Waals surface area contributed by atoms with Crippen molar-refractivity contribution in [3.05, 3.63) is 29.8 Å². The quantitative estimate of drug-likeness (QED) is 0.611. The topological polar surface area (TPSA) is 55.9 Å². The highest BCUT2D eigenvalue weighted by Gasteiger charge is 2.33. The van der Waals surface area contributed by atoms with E-state index in [1.807, 2.05) is 23.6 Å². The second-order valence-corrected chi connectivity index (χ2v) is 8.58. The molecule has 1 heterocycles. The smallest absolute Gasteiger partial charge is 0.358 e. The highest BCUT2D eigenvalue weighted by molar-refractivity contribution is 8.23. The molecule has 0 unspecified atom stereocenters. The van der Waals surface area contributed by atoms with Gasteiger partial charge in [0, 0.05) is 39.3 Å². The number of alkyl halides is 3. The Morgan fingerprint density at radius 1 is 1.13 bits per heavy atom. The summed E-state index contributed by atoms with van der Waals surface area (Å²) in [5.74, 6) is -0.261. The van der Waals surface area contributed by atoms with Crippen LogP contribution in [0.25, 0.3) is 0 Å². The molecule has 0 saturated carbocycles. The van der Waals surface area contributed by atoms with E-state index in [0.29, 0.717) is 30.5 Å². The number of benzene rings is 1. The van der Waals surface area contributed by atoms with Crippen molar-refractivity contribution in [3.8, 4) is 0 Å². The number of nitrogens with zero attached hydrogens (tertiary/aromatic N) is 3. The van der Waals surface area contributed by atoms with Gasteiger partial charge in [-0.05, 0) is 26.0 Å². The molecule has 1 aromatic carbocycles. The van der Waals surface area contributed by atoms with Crippen LogP contribution in [-0.4, -0.2) is 82.4 Å². The maximum Gasteiger partial charge on any atom is 0.418 e. The lowest BCUT2D eigenvalue weighted by Gasteiger charge is -2.34. The van der Waals surface area contributed by atoms with Gasteiger partial charge in [-0.2, -0.15) is 13.2 Å². The monoisotopic (exact) mass is 476 g/mol. The second-order valence-electron chi connectivity index (χ2n) is 6.98. The number of thiocarbonyl (C=S) groups is 1. The van der Waals surface area contributed by atoms with Crippen molar-refractivity contribution in [3.63, 3.8) is 0 Å². The predicted molar refractivity (Wildman–Crippen MR) is 121 cm³/mol.